The standard InChI is InChI=1S/C12H12BrN3O/c1-8-3-4-9(5-11(8)13)12(17)6-10-7-16(2)15-14-10/h3-5,7H,6H2,1-2H3. The highest BCUT2D eigenvalue weighted by atomic mass is 79.9. The van der Waals surface area contributed by atoms with Crippen LogP contribution in [0.5, 0.6) is 0 Å². The van der Waals surface area contributed by atoms with Gasteiger partial charge in [-0.1, -0.05) is 33.3 Å². The number of halogens is 1. The molecule has 2 aromatic rings. The Bertz CT molecular complexity index is 563. The molecule has 17 heavy (non-hydrogen) atoms. The number of ketones is 1. The lowest BCUT2D eigenvalue weighted by molar-refractivity contribution is 0.0992. The highest BCUT2D eigenvalue weighted by molar-refractivity contribution is 9.10. The fraction of sp³-hybridized carbons (Fsp3) is 0.250. The number of nitrogens with zero attached hydrogens (tertiary/aromatic N) is 3. The van der Waals surface area contributed by atoms with E-state index in [-0.39, 0.29) is 12.2 Å². The van der Waals surface area contributed by atoms with Crippen LogP contribution in [0.3, 0.4) is 0 Å². The van der Waals surface area contributed by atoms with Crippen LogP contribution < -0.4 is 0 Å². The number of Topliss-reactive ketones (excluding diaryl/α,β-unsaturated/α-hetero) is 1. The lowest BCUT2D eigenvalue weighted by Gasteiger charge is -2.02. The molecule has 5 heteroatoms. The van der Waals surface area contributed by atoms with Gasteiger partial charge in [-0.25, -0.2) is 0 Å². The van der Waals surface area contributed by atoms with Crippen LogP contribution in [-0.4, -0.2) is 20.8 Å². The topological polar surface area (TPSA) is 47.8 Å². The lowest BCUT2D eigenvalue weighted by Crippen LogP contribution is -2.04. The smallest absolute Gasteiger partial charge is 0.168 e. The summed E-state index contributed by atoms with van der Waals surface area (Å²) >= 11 is 3.42. The van der Waals surface area contributed by atoms with Crippen molar-refractivity contribution in [1.29, 1.82) is 0 Å². The average molecular weight is 294 g/mol. The first-order valence-corrected chi connectivity index (χ1v) is 6.00. The first-order valence-electron chi connectivity index (χ1n) is 5.21. The maximum Gasteiger partial charge on any atom is 0.168 e. The molecule has 88 valence electrons. The SMILES string of the molecule is Cc1ccc(C(=O)Cc2cn(C)nn2)cc1Br. The Balaban J connectivity index is 2.17. The fourth-order valence-corrected chi connectivity index (χ4v) is 1.89. The van der Waals surface area contributed by atoms with Crippen molar-refractivity contribution in [2.45, 2.75) is 13.3 Å². The van der Waals surface area contributed by atoms with Crippen molar-refractivity contribution in [3.05, 3.63) is 45.7 Å². The van der Waals surface area contributed by atoms with Crippen LogP contribution >= 0.6 is 15.9 Å². The number of aryl methyl sites for hydroxylation is 2. The number of hydrogen-bond acceptors (Lipinski definition) is 3. The highest BCUT2D eigenvalue weighted by Crippen LogP contribution is 2.18. The van der Waals surface area contributed by atoms with Crippen LogP contribution in [0.4, 0.5) is 0 Å². The summed E-state index contributed by atoms with van der Waals surface area (Å²) in [4.78, 5) is 12.0. The zero-order valence-corrected chi connectivity index (χ0v) is 11.2. The number of hydrogen-bond donors (Lipinski definition) is 0. The minimum absolute atomic E-state index is 0.0474. The molecule has 0 amide bonds. The molecule has 0 atom stereocenters. The largest absolute Gasteiger partial charge is 0.294 e. The minimum Gasteiger partial charge on any atom is -0.294 e. The third kappa shape index (κ3) is 2.79. The van der Waals surface area contributed by atoms with Crippen LogP contribution in [0, 0.1) is 6.92 Å². The fourth-order valence-electron chi connectivity index (χ4n) is 1.51. The van der Waals surface area contributed by atoms with Gasteiger partial charge in [-0.05, 0) is 18.6 Å². The maximum atomic E-state index is 12.0. The Morgan fingerprint density at radius 1 is 1.47 bits per heavy atom. The second-order valence-electron chi connectivity index (χ2n) is 3.95. The van der Waals surface area contributed by atoms with Gasteiger partial charge in [-0.3, -0.25) is 9.48 Å². The maximum absolute atomic E-state index is 12.0. The molecule has 0 aliphatic heterocycles. The summed E-state index contributed by atoms with van der Waals surface area (Å²) in [5.41, 5.74) is 2.49. The van der Waals surface area contributed by atoms with Crippen LogP contribution in [0.2, 0.25) is 0 Å². The van der Waals surface area contributed by atoms with Gasteiger partial charge in [0.25, 0.3) is 0 Å². The number of carbonyl (C=O) groups excluding carboxylic acids is 1. The number of aromatic nitrogens is 3. The van der Waals surface area contributed by atoms with Crippen molar-refractivity contribution >= 4 is 21.7 Å². The summed E-state index contributed by atoms with van der Waals surface area (Å²) < 4.78 is 2.54. The summed E-state index contributed by atoms with van der Waals surface area (Å²) in [5, 5.41) is 7.70. The van der Waals surface area contributed by atoms with E-state index in [1.165, 1.54) is 0 Å². The quantitative estimate of drug-likeness (QED) is 0.816. The van der Waals surface area contributed by atoms with E-state index >= 15 is 0 Å². The number of carbonyl (C=O) groups is 1. The van der Waals surface area contributed by atoms with Crippen LogP contribution in [0.25, 0.3) is 0 Å². The van der Waals surface area contributed by atoms with Crippen molar-refractivity contribution < 1.29 is 4.79 Å². The normalized spacial score (nSPS) is 10.5. The van der Waals surface area contributed by atoms with Crippen molar-refractivity contribution in [3.63, 3.8) is 0 Å². The van der Waals surface area contributed by atoms with Gasteiger partial charge in [0.2, 0.25) is 0 Å². The van der Waals surface area contributed by atoms with Gasteiger partial charge in [-0.15, -0.1) is 5.10 Å². The van der Waals surface area contributed by atoms with Crippen molar-refractivity contribution in [2.75, 3.05) is 0 Å². The minimum atomic E-state index is 0.0474. The summed E-state index contributed by atoms with van der Waals surface area (Å²) in [5.74, 6) is 0.0474. The molecule has 1 aromatic carbocycles. The highest BCUT2D eigenvalue weighted by Gasteiger charge is 2.10. The van der Waals surface area contributed by atoms with E-state index < -0.39 is 0 Å². The predicted molar refractivity (Wildman–Crippen MR) is 67.9 cm³/mol. The Morgan fingerprint density at radius 3 is 2.82 bits per heavy atom. The second-order valence-corrected chi connectivity index (χ2v) is 4.80. The van der Waals surface area contributed by atoms with Gasteiger partial charge >= 0.3 is 0 Å². The number of rotatable bonds is 3. The summed E-state index contributed by atoms with van der Waals surface area (Å²) in [6.45, 7) is 1.99. The third-order valence-corrected chi connectivity index (χ3v) is 3.34. The summed E-state index contributed by atoms with van der Waals surface area (Å²) in [7, 11) is 1.78. The Labute approximate surface area is 108 Å². The molecule has 0 aliphatic rings. The third-order valence-electron chi connectivity index (χ3n) is 2.49. The molecule has 0 fully saturated rings. The van der Waals surface area contributed by atoms with Crippen molar-refractivity contribution in [3.8, 4) is 0 Å². The van der Waals surface area contributed by atoms with E-state index in [1.54, 1.807) is 17.9 Å². The van der Waals surface area contributed by atoms with Gasteiger partial charge in [0.1, 0.15) is 0 Å². The van der Waals surface area contributed by atoms with Crippen LogP contribution in [0.15, 0.2) is 28.9 Å². The molecule has 0 aliphatic carbocycles. The monoisotopic (exact) mass is 293 g/mol. The van der Waals surface area contributed by atoms with Crippen molar-refractivity contribution in [1.82, 2.24) is 15.0 Å². The Kier molecular flexibility index (Phi) is 3.38. The van der Waals surface area contributed by atoms with E-state index in [4.69, 9.17) is 0 Å². The first kappa shape index (κ1) is 12.0. The molecule has 4 nitrogen and oxygen atoms in total. The van der Waals surface area contributed by atoms with E-state index in [0.29, 0.717) is 11.3 Å². The van der Waals surface area contributed by atoms with Crippen molar-refractivity contribution in [2.24, 2.45) is 7.05 Å². The zero-order valence-electron chi connectivity index (χ0n) is 9.64. The van der Waals surface area contributed by atoms with E-state index in [9.17, 15) is 4.79 Å². The van der Waals surface area contributed by atoms with Gasteiger partial charge in [0, 0.05) is 23.3 Å². The van der Waals surface area contributed by atoms with Gasteiger partial charge < -0.3 is 0 Å². The molecule has 1 heterocycles. The molecule has 0 bridgehead atoms. The molecule has 0 radical (unpaired) electrons. The van der Waals surface area contributed by atoms with Gasteiger partial charge in [-0.2, -0.15) is 0 Å². The van der Waals surface area contributed by atoms with E-state index in [1.807, 2.05) is 25.1 Å². The molecule has 0 saturated heterocycles. The Morgan fingerprint density at radius 2 is 2.24 bits per heavy atom. The lowest BCUT2D eigenvalue weighted by atomic mass is 10.1. The van der Waals surface area contributed by atoms with Crippen LogP contribution in [0.1, 0.15) is 21.6 Å². The Hall–Kier alpha value is -1.49. The van der Waals surface area contributed by atoms with Crippen LogP contribution in [-0.2, 0) is 13.5 Å². The van der Waals surface area contributed by atoms with E-state index in [0.717, 1.165) is 10.0 Å². The average Bonchev–Trinajstić information content (AvgIpc) is 2.68. The first-order chi connectivity index (χ1) is 8.06. The molecular formula is C12H12BrN3O. The molecular weight excluding hydrogens is 282 g/mol. The summed E-state index contributed by atoms with van der Waals surface area (Å²) in [6, 6.07) is 5.60. The molecule has 0 spiro atoms. The van der Waals surface area contributed by atoms with E-state index in [2.05, 4.69) is 26.2 Å². The van der Waals surface area contributed by atoms with Gasteiger partial charge in [0.05, 0.1) is 12.1 Å². The molecule has 1 aromatic heterocycles. The second kappa shape index (κ2) is 4.79. The zero-order chi connectivity index (χ0) is 12.4. The predicted octanol–water partition coefficient (Wildman–Crippen LogP) is 2.31. The van der Waals surface area contributed by atoms with Gasteiger partial charge in [0.15, 0.2) is 5.78 Å². The number of benzene rings is 1. The molecule has 0 unspecified atom stereocenters. The molecule has 2 rings (SSSR count). The summed E-state index contributed by atoms with van der Waals surface area (Å²) in [6.07, 6.45) is 2.03. The molecule has 0 saturated carbocycles. The molecule has 0 N–H and O–H groups in total.